The number of ether oxygens (including phenoxy) is 2. The lowest BCUT2D eigenvalue weighted by Crippen LogP contribution is -2.30. The molecule has 0 saturated carbocycles. The summed E-state index contributed by atoms with van der Waals surface area (Å²) in [4.78, 5) is 0. The Bertz CT molecular complexity index is 75.8. The molecule has 0 radical (unpaired) electrons. The number of fused-ring (bicyclic) bond motifs is 1. The van der Waals surface area contributed by atoms with Crippen molar-refractivity contribution in [1.29, 1.82) is 0 Å². The smallest absolute Gasteiger partial charge is 0.199 e. The second-order valence-electron chi connectivity index (χ2n) is 1.75. The zero-order chi connectivity index (χ0) is 4.69. The summed E-state index contributed by atoms with van der Waals surface area (Å²) >= 11 is 0. The first-order chi connectivity index (χ1) is 3.47. The fraction of sp³-hybridized carbons (Fsp3) is 1.00. The lowest BCUT2D eigenvalue weighted by Gasteiger charge is -2.05. The first kappa shape index (κ1) is 3.83. The first-order valence-corrected chi connectivity index (χ1v) is 2.47. The van der Waals surface area contributed by atoms with Gasteiger partial charge in [-0.15, -0.1) is 0 Å². The van der Waals surface area contributed by atoms with Crippen molar-refractivity contribution < 1.29 is 9.47 Å². The molecule has 0 aromatic carbocycles. The predicted octanol–water partition coefficient (Wildman–Crippen LogP) is -0.711. The van der Waals surface area contributed by atoms with Crippen molar-refractivity contribution in [1.82, 2.24) is 5.32 Å². The van der Waals surface area contributed by atoms with Gasteiger partial charge in [0.2, 0.25) is 0 Å². The van der Waals surface area contributed by atoms with Crippen LogP contribution in [-0.4, -0.2) is 25.7 Å². The van der Waals surface area contributed by atoms with E-state index in [-0.39, 0.29) is 12.5 Å². The van der Waals surface area contributed by atoms with Gasteiger partial charge in [-0.1, -0.05) is 0 Å². The van der Waals surface area contributed by atoms with E-state index in [0.29, 0.717) is 0 Å². The highest BCUT2D eigenvalue weighted by atomic mass is 16.8. The number of hydrogen-bond acceptors (Lipinski definition) is 3. The molecule has 0 spiro atoms. The summed E-state index contributed by atoms with van der Waals surface area (Å²) in [6.07, 6.45) is 0.322. The molecule has 1 N–H and O–H groups in total. The molecule has 0 bridgehead atoms. The quantitative estimate of drug-likeness (QED) is 0.409. The van der Waals surface area contributed by atoms with E-state index in [2.05, 4.69) is 5.32 Å². The standard InChI is InChI=1S/C4H7NO2/c1-2-6-4-3(5-1)7-4/h3-5H,1-2H2. The van der Waals surface area contributed by atoms with E-state index in [9.17, 15) is 0 Å². The van der Waals surface area contributed by atoms with Crippen LogP contribution in [0.2, 0.25) is 0 Å². The zero-order valence-electron chi connectivity index (χ0n) is 3.89. The molecular formula is C4H7NO2. The van der Waals surface area contributed by atoms with Crippen LogP contribution in [0.25, 0.3) is 0 Å². The lowest BCUT2D eigenvalue weighted by molar-refractivity contribution is 0.0491. The highest BCUT2D eigenvalue weighted by Gasteiger charge is 2.41. The summed E-state index contributed by atoms with van der Waals surface area (Å²) in [6, 6.07) is 0. The van der Waals surface area contributed by atoms with Gasteiger partial charge in [0.1, 0.15) is 0 Å². The molecule has 40 valence electrons. The van der Waals surface area contributed by atoms with Crippen LogP contribution in [0.3, 0.4) is 0 Å². The number of morpholine rings is 1. The molecule has 3 nitrogen and oxygen atoms in total. The Labute approximate surface area is 41.6 Å². The van der Waals surface area contributed by atoms with E-state index in [1.54, 1.807) is 0 Å². The monoisotopic (exact) mass is 101 g/mol. The van der Waals surface area contributed by atoms with Crippen molar-refractivity contribution in [3.63, 3.8) is 0 Å². The maximum atomic E-state index is 5.07. The minimum Gasteiger partial charge on any atom is -0.347 e. The Morgan fingerprint density at radius 2 is 2.57 bits per heavy atom. The summed E-state index contributed by atoms with van der Waals surface area (Å²) in [5, 5.41) is 3.11. The van der Waals surface area contributed by atoms with E-state index < -0.39 is 0 Å². The summed E-state index contributed by atoms with van der Waals surface area (Å²) in [6.45, 7) is 1.72. The molecule has 0 aliphatic carbocycles. The van der Waals surface area contributed by atoms with Gasteiger partial charge >= 0.3 is 0 Å². The molecule has 2 fully saturated rings. The third-order valence-corrected chi connectivity index (χ3v) is 1.18. The third-order valence-electron chi connectivity index (χ3n) is 1.18. The van der Waals surface area contributed by atoms with Crippen molar-refractivity contribution in [2.45, 2.75) is 12.5 Å². The Morgan fingerprint density at radius 3 is 3.14 bits per heavy atom. The minimum atomic E-state index is 0.0914. The second-order valence-corrected chi connectivity index (χ2v) is 1.75. The topological polar surface area (TPSA) is 33.8 Å². The highest BCUT2D eigenvalue weighted by molar-refractivity contribution is 4.77. The molecular weight excluding hydrogens is 94.0 g/mol. The Balaban J connectivity index is 1.95. The molecule has 0 amide bonds. The van der Waals surface area contributed by atoms with Crippen LogP contribution in [0.4, 0.5) is 0 Å². The second kappa shape index (κ2) is 1.18. The molecule has 3 heteroatoms. The largest absolute Gasteiger partial charge is 0.347 e. The SMILES string of the molecule is C1COC2OC2N1. The van der Waals surface area contributed by atoms with Crippen LogP contribution < -0.4 is 5.32 Å². The lowest BCUT2D eigenvalue weighted by atomic mass is 10.5. The molecule has 2 heterocycles. The van der Waals surface area contributed by atoms with Gasteiger partial charge in [-0.05, 0) is 0 Å². The fourth-order valence-corrected chi connectivity index (χ4v) is 0.746. The zero-order valence-corrected chi connectivity index (χ0v) is 3.89. The third kappa shape index (κ3) is 0.534. The van der Waals surface area contributed by atoms with Gasteiger partial charge in [-0.2, -0.15) is 0 Å². The molecule has 2 rings (SSSR count). The van der Waals surface area contributed by atoms with Crippen molar-refractivity contribution in [2.24, 2.45) is 0 Å². The maximum Gasteiger partial charge on any atom is 0.199 e. The average molecular weight is 101 g/mol. The Hall–Kier alpha value is -0.120. The molecule has 0 aromatic rings. The first-order valence-electron chi connectivity index (χ1n) is 2.47. The molecule has 2 saturated heterocycles. The summed E-state index contributed by atoms with van der Waals surface area (Å²) in [7, 11) is 0. The molecule has 2 atom stereocenters. The van der Waals surface area contributed by atoms with Gasteiger partial charge in [-0.25, -0.2) is 0 Å². The van der Waals surface area contributed by atoms with Gasteiger partial charge in [-0.3, -0.25) is 5.32 Å². The van der Waals surface area contributed by atoms with Crippen LogP contribution in [0.5, 0.6) is 0 Å². The van der Waals surface area contributed by atoms with Gasteiger partial charge in [0.05, 0.1) is 6.61 Å². The number of rotatable bonds is 0. The highest BCUT2D eigenvalue weighted by Crippen LogP contribution is 2.22. The van der Waals surface area contributed by atoms with Crippen molar-refractivity contribution >= 4 is 0 Å². The predicted molar refractivity (Wildman–Crippen MR) is 22.6 cm³/mol. The van der Waals surface area contributed by atoms with E-state index in [1.165, 1.54) is 0 Å². The minimum absolute atomic E-state index is 0.0914. The van der Waals surface area contributed by atoms with Crippen LogP contribution in [0, 0.1) is 0 Å². The van der Waals surface area contributed by atoms with Crippen molar-refractivity contribution in [3.05, 3.63) is 0 Å². The van der Waals surface area contributed by atoms with Gasteiger partial charge in [0.15, 0.2) is 12.5 Å². The molecule has 2 unspecified atom stereocenters. The van der Waals surface area contributed by atoms with Crippen LogP contribution in [-0.2, 0) is 9.47 Å². The van der Waals surface area contributed by atoms with Crippen LogP contribution in [0.1, 0.15) is 0 Å². The summed E-state index contributed by atoms with van der Waals surface area (Å²) < 4.78 is 10.0. The van der Waals surface area contributed by atoms with Crippen molar-refractivity contribution in [2.75, 3.05) is 13.2 Å². The number of epoxide rings is 1. The summed E-state index contributed by atoms with van der Waals surface area (Å²) in [5.74, 6) is 0. The number of hydrogen-bond donors (Lipinski definition) is 1. The van der Waals surface area contributed by atoms with Gasteiger partial charge in [0.25, 0.3) is 0 Å². The Morgan fingerprint density at radius 1 is 1.57 bits per heavy atom. The van der Waals surface area contributed by atoms with E-state index >= 15 is 0 Å². The van der Waals surface area contributed by atoms with Gasteiger partial charge in [0, 0.05) is 6.54 Å². The summed E-state index contributed by atoms with van der Waals surface area (Å²) in [5.41, 5.74) is 0. The molecule has 2 aliphatic heterocycles. The average Bonchev–Trinajstić information content (AvgIpc) is 2.41. The normalized spacial score (nSPS) is 48.0. The van der Waals surface area contributed by atoms with Crippen molar-refractivity contribution in [3.8, 4) is 0 Å². The maximum absolute atomic E-state index is 5.07. The molecule has 2 aliphatic rings. The van der Waals surface area contributed by atoms with Crippen LogP contribution in [0.15, 0.2) is 0 Å². The van der Waals surface area contributed by atoms with Gasteiger partial charge < -0.3 is 9.47 Å². The van der Waals surface area contributed by atoms with Crippen LogP contribution >= 0.6 is 0 Å². The fourth-order valence-electron chi connectivity index (χ4n) is 0.746. The van der Waals surface area contributed by atoms with E-state index in [0.717, 1.165) is 13.2 Å². The molecule has 7 heavy (non-hydrogen) atoms. The Kier molecular flexibility index (Phi) is 0.647. The molecule has 0 aromatic heterocycles. The van der Waals surface area contributed by atoms with E-state index in [1.807, 2.05) is 0 Å². The number of nitrogens with one attached hydrogen (secondary N) is 1. The van der Waals surface area contributed by atoms with E-state index in [4.69, 9.17) is 9.47 Å².